The topological polar surface area (TPSA) is 67.9 Å². The van der Waals surface area contributed by atoms with E-state index in [2.05, 4.69) is 15.2 Å². The summed E-state index contributed by atoms with van der Waals surface area (Å²) in [6.07, 6.45) is 1.76. The maximum Gasteiger partial charge on any atom is 0.356 e. The normalized spacial score (nSPS) is 10.2. The van der Waals surface area contributed by atoms with Crippen molar-refractivity contribution in [1.29, 1.82) is 0 Å². The Morgan fingerprint density at radius 2 is 2.24 bits per heavy atom. The van der Waals surface area contributed by atoms with E-state index in [1.807, 2.05) is 19.1 Å². The first-order valence-electron chi connectivity index (χ1n) is 5.36. The zero-order valence-electron chi connectivity index (χ0n) is 9.73. The van der Waals surface area contributed by atoms with E-state index in [0.29, 0.717) is 18.0 Å². The van der Waals surface area contributed by atoms with Crippen molar-refractivity contribution in [3.05, 3.63) is 35.7 Å². The van der Waals surface area contributed by atoms with Crippen molar-refractivity contribution in [1.82, 2.24) is 15.2 Å². The average molecular weight is 231 g/mol. The lowest BCUT2D eigenvalue weighted by molar-refractivity contribution is 0.0519. The van der Waals surface area contributed by atoms with Crippen LogP contribution in [0.15, 0.2) is 24.4 Å². The zero-order chi connectivity index (χ0) is 12.3. The Labute approximate surface area is 98.8 Å². The second-order valence-electron chi connectivity index (χ2n) is 3.61. The molecule has 0 saturated carbocycles. The lowest BCUT2D eigenvalue weighted by Gasteiger charge is -1.96. The maximum atomic E-state index is 11.4. The number of hydrogen-bond acceptors (Lipinski definition) is 4. The molecule has 0 amide bonds. The molecule has 0 aliphatic carbocycles. The Bertz CT molecular complexity index is 517. The standard InChI is InChI=1S/C12H13N3O2/c1-3-17-12(16)11-6-10(14-15-11)9-5-4-8(2)7-13-9/h4-7H,3H2,1-2H3,(H,14,15). The third kappa shape index (κ3) is 2.50. The van der Waals surface area contributed by atoms with Gasteiger partial charge in [0, 0.05) is 12.3 Å². The predicted molar refractivity (Wildman–Crippen MR) is 62.5 cm³/mol. The molecule has 1 N–H and O–H groups in total. The molecule has 17 heavy (non-hydrogen) atoms. The number of nitrogens with zero attached hydrogens (tertiary/aromatic N) is 2. The van der Waals surface area contributed by atoms with Crippen LogP contribution in [0.25, 0.3) is 11.4 Å². The molecule has 0 unspecified atom stereocenters. The number of rotatable bonds is 3. The fourth-order valence-corrected chi connectivity index (χ4v) is 1.39. The summed E-state index contributed by atoms with van der Waals surface area (Å²) >= 11 is 0. The highest BCUT2D eigenvalue weighted by Gasteiger charge is 2.11. The molecule has 2 rings (SSSR count). The van der Waals surface area contributed by atoms with Gasteiger partial charge >= 0.3 is 5.97 Å². The second-order valence-corrected chi connectivity index (χ2v) is 3.61. The number of aromatic amines is 1. The number of pyridine rings is 1. The number of esters is 1. The van der Waals surface area contributed by atoms with Gasteiger partial charge in [0.05, 0.1) is 12.3 Å². The summed E-state index contributed by atoms with van der Waals surface area (Å²) in [6.45, 7) is 4.07. The van der Waals surface area contributed by atoms with E-state index in [1.165, 1.54) is 0 Å². The van der Waals surface area contributed by atoms with Crippen LogP contribution in [0.1, 0.15) is 23.0 Å². The van der Waals surface area contributed by atoms with Gasteiger partial charge in [-0.2, -0.15) is 5.10 Å². The van der Waals surface area contributed by atoms with Gasteiger partial charge in [0.15, 0.2) is 0 Å². The Morgan fingerprint density at radius 1 is 1.41 bits per heavy atom. The lowest BCUT2D eigenvalue weighted by atomic mass is 10.2. The van der Waals surface area contributed by atoms with Crippen molar-refractivity contribution in [2.45, 2.75) is 13.8 Å². The maximum absolute atomic E-state index is 11.4. The van der Waals surface area contributed by atoms with Gasteiger partial charge in [-0.05, 0) is 25.5 Å². The van der Waals surface area contributed by atoms with Crippen molar-refractivity contribution in [2.24, 2.45) is 0 Å². The molecule has 2 heterocycles. The number of carbonyl (C=O) groups is 1. The molecular weight excluding hydrogens is 218 g/mol. The average Bonchev–Trinajstić information content (AvgIpc) is 2.80. The lowest BCUT2D eigenvalue weighted by Crippen LogP contribution is -2.04. The zero-order valence-corrected chi connectivity index (χ0v) is 9.73. The van der Waals surface area contributed by atoms with Crippen LogP contribution < -0.4 is 0 Å². The van der Waals surface area contributed by atoms with Crippen LogP contribution in [0.2, 0.25) is 0 Å². The number of carbonyl (C=O) groups excluding carboxylic acids is 1. The summed E-state index contributed by atoms with van der Waals surface area (Å²) in [5.74, 6) is -0.404. The number of hydrogen-bond donors (Lipinski definition) is 1. The first-order chi connectivity index (χ1) is 8.20. The van der Waals surface area contributed by atoms with Crippen molar-refractivity contribution < 1.29 is 9.53 Å². The Balaban J connectivity index is 2.23. The molecule has 0 spiro atoms. The number of H-pyrrole nitrogens is 1. The number of nitrogens with one attached hydrogen (secondary N) is 1. The Hall–Kier alpha value is -2.17. The van der Waals surface area contributed by atoms with Crippen molar-refractivity contribution >= 4 is 5.97 Å². The van der Waals surface area contributed by atoms with Gasteiger partial charge in [-0.3, -0.25) is 10.1 Å². The minimum absolute atomic E-state index is 0.337. The summed E-state index contributed by atoms with van der Waals surface area (Å²) in [5, 5.41) is 6.67. The number of ether oxygens (including phenoxy) is 1. The highest BCUT2D eigenvalue weighted by atomic mass is 16.5. The van der Waals surface area contributed by atoms with Gasteiger partial charge in [-0.25, -0.2) is 4.79 Å². The fraction of sp³-hybridized carbons (Fsp3) is 0.250. The molecule has 0 aromatic carbocycles. The minimum atomic E-state index is -0.404. The van der Waals surface area contributed by atoms with Gasteiger partial charge in [-0.15, -0.1) is 0 Å². The summed E-state index contributed by atoms with van der Waals surface area (Å²) in [4.78, 5) is 15.7. The third-order valence-corrected chi connectivity index (χ3v) is 2.25. The monoisotopic (exact) mass is 231 g/mol. The fourth-order valence-electron chi connectivity index (χ4n) is 1.39. The predicted octanol–water partition coefficient (Wildman–Crippen LogP) is 1.96. The third-order valence-electron chi connectivity index (χ3n) is 2.25. The molecule has 0 saturated heterocycles. The van der Waals surface area contributed by atoms with Gasteiger partial charge < -0.3 is 4.74 Å². The Kier molecular flexibility index (Phi) is 3.18. The molecule has 0 aliphatic rings. The highest BCUT2D eigenvalue weighted by molar-refractivity contribution is 5.88. The van der Waals surface area contributed by atoms with E-state index in [4.69, 9.17) is 4.74 Å². The number of aryl methyl sites for hydroxylation is 1. The van der Waals surface area contributed by atoms with Crippen LogP contribution in [-0.4, -0.2) is 27.8 Å². The Morgan fingerprint density at radius 3 is 2.88 bits per heavy atom. The van der Waals surface area contributed by atoms with Crippen LogP contribution in [0.5, 0.6) is 0 Å². The molecule has 0 aliphatic heterocycles. The summed E-state index contributed by atoms with van der Waals surface area (Å²) in [7, 11) is 0. The van der Waals surface area contributed by atoms with Crippen molar-refractivity contribution in [3.8, 4) is 11.4 Å². The molecule has 2 aromatic heterocycles. The molecule has 88 valence electrons. The van der Waals surface area contributed by atoms with E-state index in [-0.39, 0.29) is 0 Å². The van der Waals surface area contributed by atoms with E-state index in [1.54, 1.807) is 19.2 Å². The minimum Gasteiger partial charge on any atom is -0.461 e. The molecule has 2 aromatic rings. The van der Waals surface area contributed by atoms with E-state index < -0.39 is 5.97 Å². The summed E-state index contributed by atoms with van der Waals surface area (Å²) in [5.41, 5.74) is 2.77. The second kappa shape index (κ2) is 4.78. The molecule has 5 nitrogen and oxygen atoms in total. The molecule has 0 bridgehead atoms. The molecular formula is C12H13N3O2. The number of aromatic nitrogens is 3. The molecule has 0 radical (unpaired) electrons. The molecule has 0 atom stereocenters. The molecule has 5 heteroatoms. The summed E-state index contributed by atoms with van der Waals surface area (Å²) < 4.78 is 4.87. The van der Waals surface area contributed by atoms with Gasteiger partial charge in [0.2, 0.25) is 0 Å². The van der Waals surface area contributed by atoms with Gasteiger partial charge in [0.25, 0.3) is 0 Å². The van der Waals surface area contributed by atoms with Crippen molar-refractivity contribution in [2.75, 3.05) is 6.61 Å². The molecule has 0 fully saturated rings. The van der Waals surface area contributed by atoms with Crippen LogP contribution in [0.3, 0.4) is 0 Å². The smallest absolute Gasteiger partial charge is 0.356 e. The van der Waals surface area contributed by atoms with Gasteiger partial charge in [0.1, 0.15) is 11.4 Å². The van der Waals surface area contributed by atoms with E-state index in [0.717, 1.165) is 11.3 Å². The van der Waals surface area contributed by atoms with Crippen LogP contribution in [-0.2, 0) is 4.74 Å². The first kappa shape index (κ1) is 11.3. The summed E-state index contributed by atoms with van der Waals surface area (Å²) in [6, 6.07) is 5.44. The van der Waals surface area contributed by atoms with Crippen LogP contribution >= 0.6 is 0 Å². The first-order valence-corrected chi connectivity index (χ1v) is 5.36. The van der Waals surface area contributed by atoms with Gasteiger partial charge in [-0.1, -0.05) is 6.07 Å². The SMILES string of the molecule is CCOC(=O)c1cc(-c2ccc(C)cn2)n[nH]1. The van der Waals surface area contributed by atoms with Crippen LogP contribution in [0.4, 0.5) is 0 Å². The highest BCUT2D eigenvalue weighted by Crippen LogP contribution is 2.15. The largest absolute Gasteiger partial charge is 0.461 e. The van der Waals surface area contributed by atoms with Crippen molar-refractivity contribution in [3.63, 3.8) is 0 Å². The van der Waals surface area contributed by atoms with E-state index in [9.17, 15) is 4.79 Å². The van der Waals surface area contributed by atoms with Crippen LogP contribution in [0, 0.1) is 6.92 Å². The quantitative estimate of drug-likeness (QED) is 0.820. The van der Waals surface area contributed by atoms with E-state index >= 15 is 0 Å².